The number of primary amides is 1. The van der Waals surface area contributed by atoms with Gasteiger partial charge in [0.2, 0.25) is 11.9 Å². The summed E-state index contributed by atoms with van der Waals surface area (Å²) in [5, 5.41) is 3.79. The number of aromatic nitrogens is 4. The Balaban J connectivity index is 1.83. The maximum Gasteiger partial charge on any atom is 0.250 e. The van der Waals surface area contributed by atoms with Crippen LogP contribution in [0.25, 0.3) is 11.1 Å². The number of hydrogen-bond donors (Lipinski definition) is 2. The van der Waals surface area contributed by atoms with Gasteiger partial charge in [-0.2, -0.15) is 0 Å². The van der Waals surface area contributed by atoms with Crippen LogP contribution in [0.1, 0.15) is 29.9 Å². The first-order valence-electron chi connectivity index (χ1n) is 7.83. The molecule has 26 heavy (non-hydrogen) atoms. The minimum atomic E-state index is -0.562. The van der Waals surface area contributed by atoms with Gasteiger partial charge in [0, 0.05) is 42.1 Å². The van der Waals surface area contributed by atoms with E-state index < -0.39 is 11.4 Å². The number of hydrogen-bond acceptors (Lipinski definition) is 6. The highest BCUT2D eigenvalue weighted by Crippen LogP contribution is 2.28. The van der Waals surface area contributed by atoms with E-state index in [1.165, 1.54) is 6.20 Å². The fraction of sp³-hybridized carbons (Fsp3) is 0.167. The van der Waals surface area contributed by atoms with Gasteiger partial charge >= 0.3 is 0 Å². The SMILES string of the molecule is CC(C)(Nc1ncc(-c2cncc(C(N)=O)c2)cn1)c1ncccc1Cl. The molecule has 0 bridgehead atoms. The predicted octanol–water partition coefficient (Wildman–Crippen LogP) is 3.03. The first-order valence-corrected chi connectivity index (χ1v) is 8.21. The van der Waals surface area contributed by atoms with Crippen molar-refractivity contribution in [3.05, 3.63) is 65.5 Å². The lowest BCUT2D eigenvalue weighted by Gasteiger charge is -2.26. The zero-order chi connectivity index (χ0) is 18.7. The lowest BCUT2D eigenvalue weighted by molar-refractivity contribution is 0.1000. The molecule has 132 valence electrons. The van der Waals surface area contributed by atoms with Gasteiger partial charge in [0.15, 0.2) is 0 Å². The van der Waals surface area contributed by atoms with Gasteiger partial charge in [0.1, 0.15) is 0 Å². The molecule has 8 heteroatoms. The molecule has 3 N–H and O–H groups in total. The highest BCUT2D eigenvalue weighted by Gasteiger charge is 2.25. The zero-order valence-electron chi connectivity index (χ0n) is 14.3. The molecule has 0 unspecified atom stereocenters. The normalized spacial score (nSPS) is 11.2. The largest absolute Gasteiger partial charge is 0.366 e. The molecular formula is C18H17ClN6O. The summed E-state index contributed by atoms with van der Waals surface area (Å²) in [5.41, 5.74) is 7.18. The van der Waals surface area contributed by atoms with Crippen molar-refractivity contribution in [2.45, 2.75) is 19.4 Å². The number of nitrogens with zero attached hydrogens (tertiary/aromatic N) is 4. The Bertz CT molecular complexity index is 942. The van der Waals surface area contributed by atoms with Crippen molar-refractivity contribution in [1.82, 2.24) is 19.9 Å². The van der Waals surface area contributed by atoms with Crippen molar-refractivity contribution in [3.8, 4) is 11.1 Å². The van der Waals surface area contributed by atoms with E-state index in [0.717, 1.165) is 5.56 Å². The van der Waals surface area contributed by atoms with Crippen molar-refractivity contribution < 1.29 is 4.79 Å². The molecule has 0 aliphatic heterocycles. The Morgan fingerprint density at radius 1 is 1.12 bits per heavy atom. The summed E-state index contributed by atoms with van der Waals surface area (Å²) >= 11 is 6.23. The summed E-state index contributed by atoms with van der Waals surface area (Å²) in [7, 11) is 0. The highest BCUT2D eigenvalue weighted by atomic mass is 35.5. The average Bonchev–Trinajstić information content (AvgIpc) is 2.62. The molecule has 3 aromatic rings. The van der Waals surface area contributed by atoms with Crippen molar-refractivity contribution in [2.75, 3.05) is 5.32 Å². The number of nitrogens with one attached hydrogen (secondary N) is 1. The smallest absolute Gasteiger partial charge is 0.250 e. The third-order valence-corrected chi connectivity index (χ3v) is 4.09. The van der Waals surface area contributed by atoms with E-state index in [1.54, 1.807) is 43.0 Å². The van der Waals surface area contributed by atoms with E-state index in [2.05, 4.69) is 25.3 Å². The molecule has 0 aliphatic carbocycles. The number of halogens is 1. The molecule has 0 saturated heterocycles. The van der Waals surface area contributed by atoms with Crippen LogP contribution in [0.2, 0.25) is 5.02 Å². The van der Waals surface area contributed by atoms with Crippen molar-refractivity contribution >= 4 is 23.5 Å². The van der Waals surface area contributed by atoms with Gasteiger partial charge in [-0.1, -0.05) is 11.6 Å². The van der Waals surface area contributed by atoms with Gasteiger partial charge in [-0.3, -0.25) is 14.8 Å². The summed E-state index contributed by atoms with van der Waals surface area (Å²) in [6.45, 7) is 3.89. The fourth-order valence-corrected chi connectivity index (χ4v) is 2.82. The quantitative estimate of drug-likeness (QED) is 0.716. The highest BCUT2D eigenvalue weighted by molar-refractivity contribution is 6.31. The molecule has 3 heterocycles. The summed E-state index contributed by atoms with van der Waals surface area (Å²) < 4.78 is 0. The molecule has 0 spiro atoms. The first kappa shape index (κ1) is 17.8. The van der Waals surface area contributed by atoms with E-state index >= 15 is 0 Å². The van der Waals surface area contributed by atoms with Gasteiger partial charge in [-0.25, -0.2) is 9.97 Å². The second-order valence-corrected chi connectivity index (χ2v) is 6.61. The lowest BCUT2D eigenvalue weighted by Crippen LogP contribution is -2.30. The van der Waals surface area contributed by atoms with E-state index in [-0.39, 0.29) is 0 Å². The van der Waals surface area contributed by atoms with Crippen LogP contribution in [-0.2, 0) is 5.54 Å². The monoisotopic (exact) mass is 368 g/mol. The minimum Gasteiger partial charge on any atom is -0.366 e. The predicted molar refractivity (Wildman–Crippen MR) is 99.7 cm³/mol. The second kappa shape index (κ2) is 7.05. The maximum absolute atomic E-state index is 11.3. The topological polar surface area (TPSA) is 107 Å². The standard InChI is InChI=1S/C18H17ClN6O/c1-18(2,15-14(19)4-3-5-22-15)25-17-23-9-13(10-24-17)11-6-12(16(20)26)8-21-7-11/h3-10H,1-2H3,(H2,20,26)(H,23,24,25). The number of carbonyl (C=O) groups excluding carboxylic acids is 1. The number of anilines is 1. The van der Waals surface area contributed by atoms with Crippen LogP contribution in [0, 0.1) is 0 Å². The maximum atomic E-state index is 11.3. The molecule has 3 aromatic heterocycles. The third-order valence-electron chi connectivity index (χ3n) is 3.78. The van der Waals surface area contributed by atoms with Crippen molar-refractivity contribution in [2.24, 2.45) is 5.73 Å². The van der Waals surface area contributed by atoms with E-state index in [1.807, 2.05) is 13.8 Å². The number of amides is 1. The Morgan fingerprint density at radius 2 is 1.85 bits per heavy atom. The zero-order valence-corrected chi connectivity index (χ0v) is 15.0. The van der Waals surface area contributed by atoms with Crippen LogP contribution in [0.15, 0.2) is 49.2 Å². The molecular weight excluding hydrogens is 352 g/mol. The van der Waals surface area contributed by atoms with Crippen LogP contribution in [0.5, 0.6) is 0 Å². The van der Waals surface area contributed by atoms with Crippen LogP contribution in [-0.4, -0.2) is 25.8 Å². The van der Waals surface area contributed by atoms with Gasteiger partial charge in [-0.05, 0) is 32.0 Å². The molecule has 0 aromatic carbocycles. The van der Waals surface area contributed by atoms with Crippen LogP contribution in [0.3, 0.4) is 0 Å². The van der Waals surface area contributed by atoms with Gasteiger partial charge in [0.05, 0.1) is 21.8 Å². The summed E-state index contributed by atoms with van der Waals surface area (Å²) in [5.74, 6) is -0.105. The van der Waals surface area contributed by atoms with Crippen molar-refractivity contribution in [3.63, 3.8) is 0 Å². The van der Waals surface area contributed by atoms with Crippen molar-refractivity contribution in [1.29, 1.82) is 0 Å². The number of nitrogens with two attached hydrogens (primary N) is 1. The average molecular weight is 369 g/mol. The molecule has 0 radical (unpaired) electrons. The van der Waals surface area contributed by atoms with E-state index in [0.29, 0.717) is 27.8 Å². The molecule has 0 fully saturated rings. The van der Waals surface area contributed by atoms with Crippen LogP contribution >= 0.6 is 11.6 Å². The Labute approximate surface area is 155 Å². The van der Waals surface area contributed by atoms with Gasteiger partial charge in [0.25, 0.3) is 0 Å². The van der Waals surface area contributed by atoms with E-state index in [4.69, 9.17) is 17.3 Å². The number of pyridine rings is 2. The molecule has 1 amide bonds. The Morgan fingerprint density at radius 3 is 2.50 bits per heavy atom. The summed E-state index contributed by atoms with van der Waals surface area (Å²) in [6, 6.07) is 5.22. The lowest BCUT2D eigenvalue weighted by atomic mass is 10.00. The molecule has 0 saturated carbocycles. The molecule has 3 rings (SSSR count). The van der Waals surface area contributed by atoms with Crippen LogP contribution < -0.4 is 11.1 Å². The fourth-order valence-electron chi connectivity index (χ4n) is 2.46. The van der Waals surface area contributed by atoms with Gasteiger partial charge in [-0.15, -0.1) is 0 Å². The molecule has 7 nitrogen and oxygen atoms in total. The Hall–Kier alpha value is -3.06. The second-order valence-electron chi connectivity index (χ2n) is 6.21. The van der Waals surface area contributed by atoms with E-state index in [9.17, 15) is 4.79 Å². The Kier molecular flexibility index (Phi) is 4.81. The van der Waals surface area contributed by atoms with Crippen LogP contribution in [0.4, 0.5) is 5.95 Å². The third kappa shape index (κ3) is 3.78. The van der Waals surface area contributed by atoms with Gasteiger partial charge < -0.3 is 11.1 Å². The molecule has 0 aliphatic rings. The summed E-state index contributed by atoms with van der Waals surface area (Å²) in [4.78, 5) is 28.3. The summed E-state index contributed by atoms with van der Waals surface area (Å²) in [6.07, 6.45) is 8.02. The number of rotatable bonds is 5. The minimum absolute atomic E-state index is 0.329. The number of carbonyl (C=O) groups is 1. The first-order chi connectivity index (χ1) is 12.4. The molecule has 0 atom stereocenters.